The van der Waals surface area contributed by atoms with Crippen molar-refractivity contribution >= 4 is 35.6 Å². The molecule has 0 fully saturated rings. The van der Waals surface area contributed by atoms with E-state index in [1.54, 1.807) is 0 Å². The number of guanidine groups is 1. The first-order valence-electron chi connectivity index (χ1n) is 7.37. The Morgan fingerprint density at radius 2 is 1.95 bits per heavy atom. The van der Waals surface area contributed by atoms with E-state index < -0.39 is 0 Å². The lowest BCUT2D eigenvalue weighted by Crippen LogP contribution is -2.22. The van der Waals surface area contributed by atoms with E-state index in [0.717, 1.165) is 17.8 Å². The maximum Gasteiger partial charge on any atom is 0.193 e. The molecule has 1 aromatic heterocycles. The first-order valence-corrected chi connectivity index (χ1v) is 7.37. The molecule has 0 radical (unpaired) electrons. The molecule has 0 bridgehead atoms. The fraction of sp³-hybridized carbons (Fsp3) is 0.353. The summed E-state index contributed by atoms with van der Waals surface area (Å²) in [5.74, 6) is 1.02. The Balaban J connectivity index is 0.00000242. The lowest BCUT2D eigenvalue weighted by molar-refractivity contribution is 0.734. The van der Waals surface area contributed by atoms with Crippen molar-refractivity contribution in [3.05, 3.63) is 53.9 Å². The molecule has 1 aromatic carbocycles. The zero-order valence-electron chi connectivity index (χ0n) is 13.4. The molecule has 0 saturated carbocycles. The number of nitrogens with two attached hydrogens (primary N) is 1. The molecule has 2 aromatic rings. The third kappa shape index (κ3) is 5.05. The molecule has 1 heterocycles. The van der Waals surface area contributed by atoms with Crippen LogP contribution in [0.4, 0.5) is 5.69 Å². The van der Waals surface area contributed by atoms with Crippen molar-refractivity contribution in [3.8, 4) is 0 Å². The molecule has 1 atom stereocenters. The van der Waals surface area contributed by atoms with Gasteiger partial charge < -0.3 is 15.6 Å². The van der Waals surface area contributed by atoms with E-state index >= 15 is 0 Å². The zero-order chi connectivity index (χ0) is 15.2. The number of aromatic nitrogens is 1. The molecular formula is C17H25IN4. The van der Waals surface area contributed by atoms with Crippen LogP contribution in [0.25, 0.3) is 0 Å². The lowest BCUT2D eigenvalue weighted by Gasteiger charge is -2.11. The fourth-order valence-corrected chi connectivity index (χ4v) is 2.15. The molecular weight excluding hydrogens is 387 g/mol. The van der Waals surface area contributed by atoms with E-state index in [4.69, 9.17) is 5.73 Å². The van der Waals surface area contributed by atoms with Gasteiger partial charge in [0, 0.05) is 24.6 Å². The van der Waals surface area contributed by atoms with Gasteiger partial charge in [0.15, 0.2) is 5.96 Å². The lowest BCUT2D eigenvalue weighted by atomic mass is 9.99. The second kappa shape index (κ2) is 8.82. The van der Waals surface area contributed by atoms with Crippen molar-refractivity contribution < 1.29 is 0 Å². The van der Waals surface area contributed by atoms with E-state index in [-0.39, 0.29) is 24.0 Å². The van der Waals surface area contributed by atoms with E-state index in [1.807, 2.05) is 42.1 Å². The van der Waals surface area contributed by atoms with Crippen molar-refractivity contribution in [3.63, 3.8) is 0 Å². The monoisotopic (exact) mass is 412 g/mol. The topological polar surface area (TPSA) is 55.3 Å². The summed E-state index contributed by atoms with van der Waals surface area (Å²) in [4.78, 5) is 4.36. The van der Waals surface area contributed by atoms with Gasteiger partial charge in [-0.05, 0) is 42.2 Å². The van der Waals surface area contributed by atoms with Gasteiger partial charge >= 0.3 is 0 Å². The normalized spacial score (nSPS) is 12.6. The van der Waals surface area contributed by atoms with Gasteiger partial charge in [-0.15, -0.1) is 24.0 Å². The number of hydrogen-bond donors (Lipinski definition) is 2. The summed E-state index contributed by atoms with van der Waals surface area (Å²) in [6.45, 7) is 5.01. The summed E-state index contributed by atoms with van der Waals surface area (Å²) in [5, 5.41) is 3.13. The minimum Gasteiger partial charge on any atom is -0.370 e. The molecule has 0 aliphatic heterocycles. The van der Waals surface area contributed by atoms with Crippen LogP contribution in [0, 0.1) is 0 Å². The third-order valence-electron chi connectivity index (χ3n) is 3.83. The smallest absolute Gasteiger partial charge is 0.193 e. The van der Waals surface area contributed by atoms with E-state index in [0.29, 0.717) is 18.4 Å². The van der Waals surface area contributed by atoms with Crippen LogP contribution >= 0.6 is 24.0 Å². The van der Waals surface area contributed by atoms with Gasteiger partial charge in [0.1, 0.15) is 0 Å². The Hall–Kier alpha value is -1.50. The maximum absolute atomic E-state index is 5.93. The second-order valence-corrected chi connectivity index (χ2v) is 5.37. The fourth-order valence-electron chi connectivity index (χ4n) is 2.15. The largest absolute Gasteiger partial charge is 0.370 e. The quantitative estimate of drug-likeness (QED) is 0.442. The van der Waals surface area contributed by atoms with Gasteiger partial charge in [0.05, 0.1) is 6.54 Å². The average Bonchev–Trinajstić information content (AvgIpc) is 2.90. The zero-order valence-corrected chi connectivity index (χ0v) is 15.7. The Bertz CT molecular complexity index is 601. The van der Waals surface area contributed by atoms with Crippen LogP contribution in [0.2, 0.25) is 0 Å². The molecule has 4 nitrogen and oxygen atoms in total. The predicted octanol–water partition coefficient (Wildman–Crippen LogP) is 4.08. The highest BCUT2D eigenvalue weighted by molar-refractivity contribution is 14.0. The number of aliphatic imine (C=N–C) groups is 1. The molecule has 0 amide bonds. The molecule has 120 valence electrons. The second-order valence-electron chi connectivity index (χ2n) is 5.37. The number of hydrogen-bond acceptors (Lipinski definition) is 1. The Labute approximate surface area is 149 Å². The number of nitrogens with zero attached hydrogens (tertiary/aromatic N) is 2. The third-order valence-corrected chi connectivity index (χ3v) is 3.83. The van der Waals surface area contributed by atoms with Crippen LogP contribution in [0.5, 0.6) is 0 Å². The summed E-state index contributed by atoms with van der Waals surface area (Å²) < 4.78 is 2.04. The molecule has 1 unspecified atom stereocenters. The van der Waals surface area contributed by atoms with Crippen LogP contribution in [0.1, 0.15) is 37.4 Å². The molecule has 0 aliphatic rings. The first kappa shape index (κ1) is 18.5. The number of aryl methyl sites for hydroxylation is 1. The van der Waals surface area contributed by atoms with Gasteiger partial charge in [0.2, 0.25) is 0 Å². The van der Waals surface area contributed by atoms with Crippen LogP contribution in [-0.2, 0) is 13.6 Å². The summed E-state index contributed by atoms with van der Waals surface area (Å²) in [7, 11) is 2.00. The SMILES string of the molecule is CCC(C)c1ccc(NC(N)=NCc2cccn2C)cc1.I. The van der Waals surface area contributed by atoms with Crippen LogP contribution < -0.4 is 11.1 Å². The van der Waals surface area contributed by atoms with Gasteiger partial charge in [-0.25, -0.2) is 4.99 Å². The highest BCUT2D eigenvalue weighted by atomic mass is 127. The van der Waals surface area contributed by atoms with Gasteiger partial charge in [-0.3, -0.25) is 0 Å². The van der Waals surface area contributed by atoms with Crippen LogP contribution in [0.3, 0.4) is 0 Å². The molecule has 0 spiro atoms. The van der Waals surface area contributed by atoms with Gasteiger partial charge in [-0.1, -0.05) is 26.0 Å². The molecule has 2 rings (SSSR count). The number of halogens is 1. The number of rotatable bonds is 5. The molecule has 0 saturated heterocycles. The van der Waals surface area contributed by atoms with Crippen molar-refractivity contribution in [1.82, 2.24) is 4.57 Å². The standard InChI is InChI=1S/C17H24N4.HI/c1-4-13(2)14-7-9-15(10-8-14)20-17(18)19-12-16-6-5-11-21(16)3;/h5-11,13H,4,12H2,1-3H3,(H3,18,19,20);1H. The molecule has 22 heavy (non-hydrogen) atoms. The molecule has 3 N–H and O–H groups in total. The summed E-state index contributed by atoms with van der Waals surface area (Å²) in [6.07, 6.45) is 3.15. The van der Waals surface area contributed by atoms with E-state index in [9.17, 15) is 0 Å². The minimum absolute atomic E-state index is 0. The summed E-state index contributed by atoms with van der Waals surface area (Å²) in [5.41, 5.74) is 9.37. The van der Waals surface area contributed by atoms with E-state index in [1.165, 1.54) is 5.56 Å². The number of benzene rings is 1. The molecule has 5 heteroatoms. The van der Waals surface area contributed by atoms with Crippen molar-refractivity contribution in [2.45, 2.75) is 32.7 Å². The van der Waals surface area contributed by atoms with Crippen LogP contribution in [0.15, 0.2) is 47.6 Å². The summed E-state index contributed by atoms with van der Waals surface area (Å²) >= 11 is 0. The van der Waals surface area contributed by atoms with Crippen molar-refractivity contribution in [2.24, 2.45) is 17.8 Å². The predicted molar refractivity (Wildman–Crippen MR) is 105 cm³/mol. The Morgan fingerprint density at radius 3 is 2.50 bits per heavy atom. The average molecular weight is 412 g/mol. The first-order chi connectivity index (χ1) is 10.1. The maximum atomic E-state index is 5.93. The van der Waals surface area contributed by atoms with Crippen LogP contribution in [-0.4, -0.2) is 10.5 Å². The summed E-state index contributed by atoms with van der Waals surface area (Å²) in [6, 6.07) is 12.4. The highest BCUT2D eigenvalue weighted by Gasteiger charge is 2.03. The molecule has 0 aliphatic carbocycles. The number of nitrogens with one attached hydrogen (secondary N) is 1. The Kier molecular flexibility index (Phi) is 7.44. The van der Waals surface area contributed by atoms with Crippen molar-refractivity contribution in [1.29, 1.82) is 0 Å². The number of anilines is 1. The highest BCUT2D eigenvalue weighted by Crippen LogP contribution is 2.20. The Morgan fingerprint density at radius 1 is 1.27 bits per heavy atom. The van der Waals surface area contributed by atoms with Gasteiger partial charge in [0.25, 0.3) is 0 Å². The minimum atomic E-state index is 0. The van der Waals surface area contributed by atoms with Crippen molar-refractivity contribution in [2.75, 3.05) is 5.32 Å². The van der Waals surface area contributed by atoms with Gasteiger partial charge in [-0.2, -0.15) is 0 Å². The van der Waals surface area contributed by atoms with E-state index in [2.05, 4.69) is 36.3 Å².